The van der Waals surface area contributed by atoms with E-state index in [9.17, 15) is 4.79 Å². The first-order valence-corrected chi connectivity index (χ1v) is 7.53. The van der Waals surface area contributed by atoms with E-state index in [2.05, 4.69) is 22.2 Å². The number of amides is 1. The molecule has 0 aliphatic carbocycles. The van der Waals surface area contributed by atoms with Crippen LogP contribution in [0.15, 0.2) is 18.5 Å². The molecule has 0 unspecified atom stereocenters. The van der Waals surface area contributed by atoms with Crippen molar-refractivity contribution >= 4 is 5.91 Å². The summed E-state index contributed by atoms with van der Waals surface area (Å²) in [5.41, 5.74) is 2.65. The zero-order valence-electron chi connectivity index (χ0n) is 12.5. The molecule has 1 aliphatic heterocycles. The van der Waals surface area contributed by atoms with E-state index in [0.29, 0.717) is 5.69 Å². The predicted octanol–water partition coefficient (Wildman–Crippen LogP) is 2.07. The highest BCUT2D eigenvalue weighted by Gasteiger charge is 2.32. The average molecular weight is 287 g/mol. The van der Waals surface area contributed by atoms with Crippen LogP contribution in [0.4, 0.5) is 0 Å². The summed E-state index contributed by atoms with van der Waals surface area (Å²) in [4.78, 5) is 14.6. The zero-order chi connectivity index (χ0) is 14.8. The molecule has 1 aliphatic rings. The largest absolute Gasteiger partial charge is 0.330 e. The highest BCUT2D eigenvalue weighted by molar-refractivity contribution is 5.92. The summed E-state index contributed by atoms with van der Waals surface area (Å²) < 4.78 is 1.78. The molecule has 0 spiro atoms. The molecule has 21 heavy (non-hydrogen) atoms. The summed E-state index contributed by atoms with van der Waals surface area (Å²) in [6.07, 6.45) is 7.82. The Bertz CT molecular complexity index is 630. The number of aryl methyl sites for hydroxylation is 2. The molecule has 0 saturated carbocycles. The van der Waals surface area contributed by atoms with Crippen LogP contribution < -0.4 is 0 Å². The Hall–Kier alpha value is -2.11. The van der Waals surface area contributed by atoms with Crippen molar-refractivity contribution in [2.45, 2.75) is 38.6 Å². The average Bonchev–Trinajstić information content (AvgIpc) is 3.17. The number of aromatic amines is 1. The molecule has 0 bridgehead atoms. The van der Waals surface area contributed by atoms with Crippen molar-refractivity contribution in [1.29, 1.82) is 0 Å². The third-order valence-corrected chi connectivity index (χ3v) is 3.99. The second-order valence-electron chi connectivity index (χ2n) is 5.63. The highest BCUT2D eigenvalue weighted by Crippen LogP contribution is 2.32. The minimum Gasteiger partial charge on any atom is -0.330 e. The van der Waals surface area contributed by atoms with E-state index < -0.39 is 0 Å². The number of H-pyrrole nitrogens is 1. The predicted molar refractivity (Wildman–Crippen MR) is 78.8 cm³/mol. The molecule has 2 aromatic rings. The smallest absolute Gasteiger partial charge is 0.274 e. The molecular formula is C15H21N5O. The van der Waals surface area contributed by atoms with Gasteiger partial charge in [0.05, 0.1) is 12.2 Å². The fraction of sp³-hybridized carbons (Fsp3) is 0.533. The van der Waals surface area contributed by atoms with Gasteiger partial charge in [0.2, 0.25) is 0 Å². The van der Waals surface area contributed by atoms with Crippen LogP contribution in [0.1, 0.15) is 54.0 Å². The number of aromatic nitrogens is 4. The van der Waals surface area contributed by atoms with E-state index in [0.717, 1.165) is 43.5 Å². The third kappa shape index (κ3) is 2.70. The Morgan fingerprint density at radius 1 is 1.52 bits per heavy atom. The first-order chi connectivity index (χ1) is 10.2. The monoisotopic (exact) mass is 287 g/mol. The van der Waals surface area contributed by atoms with Gasteiger partial charge in [0.15, 0.2) is 0 Å². The molecule has 1 N–H and O–H groups in total. The van der Waals surface area contributed by atoms with Crippen LogP contribution in [-0.2, 0) is 13.5 Å². The van der Waals surface area contributed by atoms with Crippen LogP contribution in [-0.4, -0.2) is 37.3 Å². The van der Waals surface area contributed by atoms with Gasteiger partial charge in [-0.1, -0.05) is 13.3 Å². The van der Waals surface area contributed by atoms with Gasteiger partial charge in [0.25, 0.3) is 5.91 Å². The Kier molecular flexibility index (Phi) is 3.77. The Morgan fingerprint density at radius 3 is 3.10 bits per heavy atom. The summed E-state index contributed by atoms with van der Waals surface area (Å²) in [6.45, 7) is 2.90. The summed E-state index contributed by atoms with van der Waals surface area (Å²) in [5.74, 6) is 0.0138. The van der Waals surface area contributed by atoms with E-state index in [1.54, 1.807) is 4.68 Å². The lowest BCUT2D eigenvalue weighted by molar-refractivity contribution is 0.0729. The number of hydrogen-bond acceptors (Lipinski definition) is 3. The molecule has 3 rings (SSSR count). The molecule has 0 aromatic carbocycles. The highest BCUT2D eigenvalue weighted by atomic mass is 16.2. The van der Waals surface area contributed by atoms with E-state index in [1.807, 2.05) is 30.4 Å². The van der Waals surface area contributed by atoms with Gasteiger partial charge >= 0.3 is 0 Å². The van der Waals surface area contributed by atoms with Crippen molar-refractivity contribution in [1.82, 2.24) is 24.9 Å². The molecule has 112 valence electrons. The van der Waals surface area contributed by atoms with Gasteiger partial charge in [-0.3, -0.25) is 14.6 Å². The van der Waals surface area contributed by atoms with E-state index >= 15 is 0 Å². The molecule has 1 amide bonds. The van der Waals surface area contributed by atoms with Gasteiger partial charge in [0, 0.05) is 31.0 Å². The van der Waals surface area contributed by atoms with Crippen LogP contribution in [0, 0.1) is 0 Å². The molecule has 0 radical (unpaired) electrons. The van der Waals surface area contributed by atoms with Gasteiger partial charge in [-0.2, -0.15) is 10.2 Å². The number of carbonyl (C=O) groups is 1. The van der Waals surface area contributed by atoms with Gasteiger partial charge in [0.1, 0.15) is 5.69 Å². The maximum absolute atomic E-state index is 12.7. The summed E-state index contributed by atoms with van der Waals surface area (Å²) in [6, 6.07) is 2.00. The lowest BCUT2D eigenvalue weighted by Gasteiger charge is -2.22. The number of likely N-dealkylation sites (tertiary alicyclic amines) is 1. The first kappa shape index (κ1) is 13.9. The van der Waals surface area contributed by atoms with Crippen LogP contribution in [0.3, 0.4) is 0 Å². The SMILES string of the molecule is CCCc1cc(C(=O)N2CCC[C@H]2c2cnn(C)c2)n[nH]1. The maximum Gasteiger partial charge on any atom is 0.274 e. The van der Waals surface area contributed by atoms with E-state index in [1.165, 1.54) is 0 Å². The quantitative estimate of drug-likeness (QED) is 0.936. The van der Waals surface area contributed by atoms with Crippen LogP contribution in [0.25, 0.3) is 0 Å². The van der Waals surface area contributed by atoms with Crippen LogP contribution in [0.5, 0.6) is 0 Å². The molecule has 1 atom stereocenters. The minimum absolute atomic E-state index is 0.0138. The lowest BCUT2D eigenvalue weighted by Crippen LogP contribution is -2.30. The summed E-state index contributed by atoms with van der Waals surface area (Å²) in [5, 5.41) is 11.3. The molecule has 6 heteroatoms. The molecule has 3 heterocycles. The summed E-state index contributed by atoms with van der Waals surface area (Å²) in [7, 11) is 1.90. The van der Waals surface area contributed by atoms with E-state index in [4.69, 9.17) is 0 Å². The van der Waals surface area contributed by atoms with Gasteiger partial charge in [-0.05, 0) is 25.3 Å². The van der Waals surface area contributed by atoms with Crippen molar-refractivity contribution in [3.05, 3.63) is 35.4 Å². The second-order valence-corrected chi connectivity index (χ2v) is 5.63. The molecular weight excluding hydrogens is 266 g/mol. The number of rotatable bonds is 4. The Labute approximate surface area is 124 Å². The van der Waals surface area contributed by atoms with Gasteiger partial charge < -0.3 is 4.90 Å². The normalized spacial score (nSPS) is 18.4. The fourth-order valence-electron chi connectivity index (χ4n) is 2.98. The molecule has 2 aromatic heterocycles. The standard InChI is InChI=1S/C15H21N5O/c1-3-5-12-8-13(18-17-12)15(21)20-7-4-6-14(20)11-9-16-19(2)10-11/h8-10,14H,3-7H2,1-2H3,(H,17,18)/t14-/m0/s1. The van der Waals surface area contributed by atoms with Crippen molar-refractivity contribution in [3.63, 3.8) is 0 Å². The van der Waals surface area contributed by atoms with Gasteiger partial charge in [-0.15, -0.1) is 0 Å². The fourth-order valence-corrected chi connectivity index (χ4v) is 2.98. The van der Waals surface area contributed by atoms with Crippen LogP contribution in [0.2, 0.25) is 0 Å². The maximum atomic E-state index is 12.7. The number of hydrogen-bond donors (Lipinski definition) is 1. The third-order valence-electron chi connectivity index (χ3n) is 3.99. The lowest BCUT2D eigenvalue weighted by atomic mass is 10.1. The second kappa shape index (κ2) is 5.71. The summed E-state index contributed by atoms with van der Waals surface area (Å²) >= 11 is 0. The molecule has 1 fully saturated rings. The van der Waals surface area contributed by atoms with Crippen molar-refractivity contribution in [2.75, 3.05) is 6.54 Å². The van der Waals surface area contributed by atoms with Crippen molar-refractivity contribution < 1.29 is 4.79 Å². The number of nitrogens with zero attached hydrogens (tertiary/aromatic N) is 4. The number of nitrogens with one attached hydrogen (secondary N) is 1. The van der Waals surface area contributed by atoms with Crippen molar-refractivity contribution in [3.8, 4) is 0 Å². The minimum atomic E-state index is 0.0138. The Morgan fingerprint density at radius 2 is 2.38 bits per heavy atom. The van der Waals surface area contributed by atoms with Gasteiger partial charge in [-0.25, -0.2) is 0 Å². The first-order valence-electron chi connectivity index (χ1n) is 7.53. The molecule has 1 saturated heterocycles. The molecule has 6 nitrogen and oxygen atoms in total. The topological polar surface area (TPSA) is 66.8 Å². The van der Waals surface area contributed by atoms with Crippen molar-refractivity contribution in [2.24, 2.45) is 7.05 Å². The van der Waals surface area contributed by atoms with E-state index in [-0.39, 0.29) is 11.9 Å². The zero-order valence-corrected chi connectivity index (χ0v) is 12.5. The van der Waals surface area contributed by atoms with Crippen LogP contribution >= 0.6 is 0 Å². The number of carbonyl (C=O) groups excluding carboxylic acids is 1. The Balaban J connectivity index is 1.79.